The van der Waals surface area contributed by atoms with E-state index in [1.165, 1.54) is 15.0 Å². The molecule has 0 aliphatic rings. The molecule has 2 heterocycles. The number of rotatable bonds is 2. The summed E-state index contributed by atoms with van der Waals surface area (Å²) < 4.78 is 1.24. The molecular weight excluding hydrogens is 202 g/mol. The van der Waals surface area contributed by atoms with Crippen molar-refractivity contribution in [3.8, 4) is 0 Å². The maximum Gasteiger partial charge on any atom is 0.0729 e. The third kappa shape index (κ3) is 1.56. The molecule has 13 heavy (non-hydrogen) atoms. The first kappa shape index (κ1) is 8.97. The molecule has 0 atom stereocenters. The van der Waals surface area contributed by atoms with Crippen LogP contribution in [0.25, 0.3) is 10.1 Å². The molecule has 0 unspecified atom stereocenters. The van der Waals surface area contributed by atoms with Crippen molar-refractivity contribution in [2.24, 2.45) is 0 Å². The number of aryl methyl sites for hydroxylation is 1. The minimum atomic E-state index is 0.501. The Kier molecular flexibility index (Phi) is 2.51. The fourth-order valence-corrected chi connectivity index (χ4v) is 2.71. The zero-order chi connectivity index (χ0) is 9.26. The van der Waals surface area contributed by atoms with Crippen LogP contribution in [0.3, 0.4) is 0 Å². The van der Waals surface area contributed by atoms with Crippen LogP contribution in [0.5, 0.6) is 0 Å². The van der Waals surface area contributed by atoms with Crippen molar-refractivity contribution in [1.29, 1.82) is 0 Å². The fourth-order valence-electron chi connectivity index (χ4n) is 1.34. The number of fused-ring (bicyclic) bond motifs is 1. The van der Waals surface area contributed by atoms with Crippen LogP contribution in [-0.4, -0.2) is 4.98 Å². The number of nitrogens with zero attached hydrogens (tertiary/aromatic N) is 1. The van der Waals surface area contributed by atoms with Gasteiger partial charge in [0.05, 0.1) is 16.3 Å². The Balaban J connectivity index is 2.67. The summed E-state index contributed by atoms with van der Waals surface area (Å²) in [5, 5.41) is 1.27. The Morgan fingerprint density at radius 1 is 1.54 bits per heavy atom. The first-order valence-electron chi connectivity index (χ1n) is 4.27. The van der Waals surface area contributed by atoms with E-state index in [0.29, 0.717) is 5.88 Å². The quantitative estimate of drug-likeness (QED) is 0.692. The van der Waals surface area contributed by atoms with Gasteiger partial charge in [-0.05, 0) is 23.9 Å². The van der Waals surface area contributed by atoms with Crippen LogP contribution < -0.4 is 0 Å². The molecule has 0 aromatic carbocycles. The summed E-state index contributed by atoms with van der Waals surface area (Å²) in [5.41, 5.74) is 1.00. The lowest BCUT2D eigenvalue weighted by atomic mass is 10.2. The Morgan fingerprint density at radius 2 is 2.38 bits per heavy atom. The zero-order valence-corrected chi connectivity index (χ0v) is 8.95. The second-order valence-corrected chi connectivity index (χ2v) is 4.28. The Morgan fingerprint density at radius 3 is 3.08 bits per heavy atom. The molecule has 1 nitrogen and oxygen atoms in total. The monoisotopic (exact) mass is 211 g/mol. The second kappa shape index (κ2) is 3.64. The fraction of sp³-hybridized carbons (Fsp3) is 0.300. The minimum absolute atomic E-state index is 0.501. The maximum absolute atomic E-state index is 5.80. The van der Waals surface area contributed by atoms with E-state index < -0.39 is 0 Å². The van der Waals surface area contributed by atoms with Gasteiger partial charge in [0.15, 0.2) is 0 Å². The molecule has 2 aromatic rings. The van der Waals surface area contributed by atoms with Crippen LogP contribution in [-0.2, 0) is 12.3 Å². The highest BCUT2D eigenvalue weighted by molar-refractivity contribution is 7.19. The van der Waals surface area contributed by atoms with Crippen LogP contribution in [0.15, 0.2) is 18.3 Å². The maximum atomic E-state index is 5.80. The third-order valence-corrected chi connectivity index (χ3v) is 3.63. The molecule has 0 N–H and O–H groups in total. The van der Waals surface area contributed by atoms with Crippen molar-refractivity contribution in [3.05, 3.63) is 28.9 Å². The molecule has 0 saturated heterocycles. The summed E-state index contributed by atoms with van der Waals surface area (Å²) in [7, 11) is 0. The average Bonchev–Trinajstić information content (AvgIpc) is 2.59. The molecule has 0 aliphatic carbocycles. The molecule has 0 fully saturated rings. The van der Waals surface area contributed by atoms with Gasteiger partial charge in [-0.2, -0.15) is 0 Å². The highest BCUT2D eigenvalue weighted by Crippen LogP contribution is 2.28. The number of halogens is 1. The highest BCUT2D eigenvalue weighted by Gasteiger charge is 2.04. The number of hydrogen-bond donors (Lipinski definition) is 0. The standard InChI is InChI=1S/C10H10ClNS/c1-2-8-5-7-3-4-12-9(6-11)10(7)13-8/h3-5H,2,6H2,1H3. The number of aromatic nitrogens is 1. The van der Waals surface area contributed by atoms with E-state index in [2.05, 4.69) is 18.0 Å². The molecular formula is C10H10ClNS. The molecule has 0 saturated carbocycles. The predicted molar refractivity (Wildman–Crippen MR) is 58.6 cm³/mol. The lowest BCUT2D eigenvalue weighted by molar-refractivity contribution is 1.19. The molecule has 68 valence electrons. The van der Waals surface area contributed by atoms with Crippen LogP contribution in [0.4, 0.5) is 0 Å². The van der Waals surface area contributed by atoms with Gasteiger partial charge in [-0.3, -0.25) is 4.98 Å². The number of alkyl halides is 1. The lowest BCUT2D eigenvalue weighted by Gasteiger charge is -1.94. The van der Waals surface area contributed by atoms with Crippen molar-refractivity contribution in [2.45, 2.75) is 19.2 Å². The van der Waals surface area contributed by atoms with Gasteiger partial charge in [0.25, 0.3) is 0 Å². The number of thiophene rings is 1. The smallest absolute Gasteiger partial charge is 0.0729 e. The topological polar surface area (TPSA) is 12.9 Å². The normalized spacial score (nSPS) is 10.9. The van der Waals surface area contributed by atoms with Crippen molar-refractivity contribution < 1.29 is 0 Å². The van der Waals surface area contributed by atoms with Crippen molar-refractivity contribution in [2.75, 3.05) is 0 Å². The van der Waals surface area contributed by atoms with E-state index in [1.807, 2.05) is 12.3 Å². The van der Waals surface area contributed by atoms with E-state index >= 15 is 0 Å². The summed E-state index contributed by atoms with van der Waals surface area (Å²) >= 11 is 7.60. The number of pyridine rings is 1. The van der Waals surface area contributed by atoms with E-state index in [9.17, 15) is 0 Å². The Bertz CT molecular complexity index is 422. The van der Waals surface area contributed by atoms with E-state index in [0.717, 1.165) is 12.1 Å². The summed E-state index contributed by atoms with van der Waals surface area (Å²) in [6, 6.07) is 4.26. The molecule has 0 bridgehead atoms. The van der Waals surface area contributed by atoms with Gasteiger partial charge in [-0.1, -0.05) is 6.92 Å². The molecule has 3 heteroatoms. The second-order valence-electron chi connectivity index (χ2n) is 2.88. The molecule has 0 amide bonds. The number of hydrogen-bond acceptors (Lipinski definition) is 2. The molecule has 0 radical (unpaired) electrons. The van der Waals surface area contributed by atoms with Crippen molar-refractivity contribution in [3.63, 3.8) is 0 Å². The Labute approximate surface area is 86.4 Å². The van der Waals surface area contributed by atoms with Crippen LogP contribution in [0, 0.1) is 0 Å². The molecule has 0 aliphatic heterocycles. The lowest BCUT2D eigenvalue weighted by Crippen LogP contribution is -1.82. The Hall–Kier alpha value is -0.600. The third-order valence-electron chi connectivity index (χ3n) is 2.03. The largest absolute Gasteiger partial charge is 0.259 e. The van der Waals surface area contributed by atoms with Gasteiger partial charge in [0, 0.05) is 11.1 Å². The molecule has 2 aromatic heterocycles. The van der Waals surface area contributed by atoms with Crippen molar-refractivity contribution in [1.82, 2.24) is 4.98 Å². The summed E-state index contributed by atoms with van der Waals surface area (Å²) in [5.74, 6) is 0.501. The zero-order valence-electron chi connectivity index (χ0n) is 7.38. The van der Waals surface area contributed by atoms with Gasteiger partial charge in [-0.25, -0.2) is 0 Å². The van der Waals surface area contributed by atoms with Crippen LogP contribution in [0.2, 0.25) is 0 Å². The van der Waals surface area contributed by atoms with E-state index in [-0.39, 0.29) is 0 Å². The van der Waals surface area contributed by atoms with Gasteiger partial charge >= 0.3 is 0 Å². The first-order valence-corrected chi connectivity index (χ1v) is 5.62. The van der Waals surface area contributed by atoms with Crippen LogP contribution >= 0.6 is 22.9 Å². The van der Waals surface area contributed by atoms with Crippen molar-refractivity contribution >= 4 is 33.0 Å². The average molecular weight is 212 g/mol. The SMILES string of the molecule is CCc1cc2ccnc(CCl)c2s1. The van der Waals surface area contributed by atoms with E-state index in [1.54, 1.807) is 11.3 Å². The highest BCUT2D eigenvalue weighted by atomic mass is 35.5. The summed E-state index contributed by atoms with van der Waals surface area (Å²) in [6.07, 6.45) is 2.91. The minimum Gasteiger partial charge on any atom is -0.259 e. The van der Waals surface area contributed by atoms with E-state index in [4.69, 9.17) is 11.6 Å². The predicted octanol–water partition coefficient (Wildman–Crippen LogP) is 3.60. The summed E-state index contributed by atoms with van der Waals surface area (Å²) in [4.78, 5) is 5.65. The van der Waals surface area contributed by atoms with Crippen LogP contribution in [0.1, 0.15) is 17.5 Å². The molecule has 0 spiro atoms. The summed E-state index contributed by atoms with van der Waals surface area (Å²) in [6.45, 7) is 2.17. The van der Waals surface area contributed by atoms with Gasteiger partial charge < -0.3 is 0 Å². The first-order chi connectivity index (χ1) is 6.35. The van der Waals surface area contributed by atoms with Gasteiger partial charge in [0.1, 0.15) is 0 Å². The molecule has 2 rings (SSSR count). The van der Waals surface area contributed by atoms with Gasteiger partial charge in [0.2, 0.25) is 0 Å². The van der Waals surface area contributed by atoms with Gasteiger partial charge in [-0.15, -0.1) is 22.9 Å².